The Bertz CT molecular complexity index is 209. The van der Waals surface area contributed by atoms with Gasteiger partial charge in [0.15, 0.2) is 0 Å². The van der Waals surface area contributed by atoms with Crippen molar-refractivity contribution in [3.63, 3.8) is 0 Å². The van der Waals surface area contributed by atoms with Gasteiger partial charge in [0.1, 0.15) is 0 Å². The first kappa shape index (κ1) is 10.5. The molecule has 0 aromatic rings. The molecule has 0 amide bonds. The van der Waals surface area contributed by atoms with E-state index in [4.69, 9.17) is 5.11 Å². The van der Waals surface area contributed by atoms with Crippen molar-refractivity contribution in [2.45, 2.75) is 27.7 Å². The largest absolute Gasteiger partial charge is 0.396 e. The van der Waals surface area contributed by atoms with E-state index in [1.54, 1.807) is 0 Å². The second kappa shape index (κ2) is 3.29. The predicted octanol–water partition coefficient (Wildman–Crippen LogP) is 1.33. The Morgan fingerprint density at radius 3 is 2.54 bits per heavy atom. The van der Waals surface area contributed by atoms with Crippen molar-refractivity contribution in [1.82, 2.24) is 5.01 Å². The third-order valence-corrected chi connectivity index (χ3v) is 2.20. The summed E-state index contributed by atoms with van der Waals surface area (Å²) in [6.45, 7) is 10.4. The number of hydrogen-bond acceptors (Lipinski definition) is 3. The van der Waals surface area contributed by atoms with Crippen LogP contribution in [0.5, 0.6) is 0 Å². The van der Waals surface area contributed by atoms with Gasteiger partial charge >= 0.3 is 0 Å². The highest BCUT2D eigenvalue weighted by Gasteiger charge is 2.28. The van der Waals surface area contributed by atoms with E-state index < -0.39 is 0 Å². The highest BCUT2D eigenvalue weighted by Crippen LogP contribution is 2.24. The molecule has 3 heteroatoms. The van der Waals surface area contributed by atoms with Crippen molar-refractivity contribution in [2.75, 3.05) is 19.7 Å². The summed E-state index contributed by atoms with van der Waals surface area (Å²) in [4.78, 5) is 0. The van der Waals surface area contributed by atoms with Crippen LogP contribution in [0.15, 0.2) is 5.10 Å². The van der Waals surface area contributed by atoms with Crippen LogP contribution < -0.4 is 0 Å². The number of hydrogen-bond donors (Lipinski definition) is 1. The fourth-order valence-electron chi connectivity index (χ4n) is 1.43. The first-order valence-corrected chi connectivity index (χ1v) is 4.76. The Hall–Kier alpha value is -0.570. The molecule has 0 fully saturated rings. The van der Waals surface area contributed by atoms with Gasteiger partial charge in [0, 0.05) is 36.7 Å². The van der Waals surface area contributed by atoms with Crippen LogP contribution in [0, 0.1) is 10.8 Å². The summed E-state index contributed by atoms with van der Waals surface area (Å²) in [6.07, 6.45) is 1.99. The predicted molar refractivity (Wildman–Crippen MR) is 54.7 cm³/mol. The summed E-state index contributed by atoms with van der Waals surface area (Å²) in [5.74, 6) is 0. The van der Waals surface area contributed by atoms with Crippen molar-refractivity contribution >= 4 is 6.21 Å². The minimum absolute atomic E-state index is 0.0578. The SMILES string of the molecule is CC1(C)C=NN(CC(C)(C)CO)C1. The number of rotatable bonds is 3. The minimum Gasteiger partial charge on any atom is -0.396 e. The maximum Gasteiger partial charge on any atom is 0.0499 e. The summed E-state index contributed by atoms with van der Waals surface area (Å²) in [6, 6.07) is 0. The molecule has 1 rings (SSSR count). The van der Waals surface area contributed by atoms with E-state index in [0.717, 1.165) is 13.1 Å². The van der Waals surface area contributed by atoms with Crippen LogP contribution in [-0.2, 0) is 0 Å². The fourth-order valence-corrected chi connectivity index (χ4v) is 1.43. The van der Waals surface area contributed by atoms with E-state index in [1.807, 2.05) is 25.1 Å². The van der Waals surface area contributed by atoms with Gasteiger partial charge in [0.2, 0.25) is 0 Å². The van der Waals surface area contributed by atoms with Gasteiger partial charge in [-0.1, -0.05) is 27.7 Å². The molecule has 0 saturated heterocycles. The Morgan fingerprint density at radius 1 is 1.54 bits per heavy atom. The standard InChI is InChI=1S/C10H20N2O/c1-9(2)5-11-12(6-9)7-10(3,4)8-13/h5,13H,6-8H2,1-4H3. The highest BCUT2D eigenvalue weighted by atomic mass is 16.3. The molecule has 0 saturated carbocycles. The van der Waals surface area contributed by atoms with Crippen LogP contribution in [0.4, 0.5) is 0 Å². The molecular formula is C10H20N2O. The summed E-state index contributed by atoms with van der Waals surface area (Å²) >= 11 is 0. The topological polar surface area (TPSA) is 35.8 Å². The number of aliphatic hydroxyl groups is 1. The molecule has 0 atom stereocenters. The van der Waals surface area contributed by atoms with Crippen molar-refractivity contribution in [3.05, 3.63) is 0 Å². The van der Waals surface area contributed by atoms with Gasteiger partial charge in [0.05, 0.1) is 0 Å². The lowest BCUT2D eigenvalue weighted by Crippen LogP contribution is -2.34. The van der Waals surface area contributed by atoms with Crippen LogP contribution >= 0.6 is 0 Å². The molecule has 0 aliphatic carbocycles. The number of hydrazone groups is 1. The molecule has 0 aromatic carbocycles. The zero-order chi connectivity index (χ0) is 10.1. The fraction of sp³-hybridized carbons (Fsp3) is 0.900. The van der Waals surface area contributed by atoms with Crippen LogP contribution in [-0.4, -0.2) is 36.0 Å². The maximum atomic E-state index is 9.11. The Kier molecular flexibility index (Phi) is 2.66. The van der Waals surface area contributed by atoms with Crippen LogP contribution in [0.2, 0.25) is 0 Å². The Morgan fingerprint density at radius 2 is 2.15 bits per heavy atom. The molecule has 0 unspecified atom stereocenters. The summed E-state index contributed by atoms with van der Waals surface area (Å²) in [7, 11) is 0. The minimum atomic E-state index is -0.0578. The molecule has 13 heavy (non-hydrogen) atoms. The van der Waals surface area contributed by atoms with E-state index in [1.165, 1.54) is 0 Å². The molecule has 0 radical (unpaired) electrons. The average molecular weight is 184 g/mol. The molecule has 0 spiro atoms. The Balaban J connectivity index is 2.46. The number of aliphatic hydroxyl groups excluding tert-OH is 1. The van der Waals surface area contributed by atoms with E-state index in [0.29, 0.717) is 0 Å². The monoisotopic (exact) mass is 184 g/mol. The lowest BCUT2D eigenvalue weighted by Gasteiger charge is -2.28. The van der Waals surface area contributed by atoms with Crippen molar-refractivity contribution in [3.8, 4) is 0 Å². The normalized spacial score (nSPS) is 21.2. The summed E-state index contributed by atoms with van der Waals surface area (Å²) in [5.41, 5.74) is 0.128. The van der Waals surface area contributed by atoms with Gasteiger partial charge in [0.25, 0.3) is 0 Å². The zero-order valence-electron chi connectivity index (χ0n) is 9.04. The summed E-state index contributed by atoms with van der Waals surface area (Å²) in [5, 5.41) is 15.5. The molecular weight excluding hydrogens is 164 g/mol. The maximum absolute atomic E-state index is 9.11. The molecule has 0 aromatic heterocycles. The average Bonchev–Trinajstić information content (AvgIpc) is 2.29. The quantitative estimate of drug-likeness (QED) is 0.718. The number of nitrogens with zero attached hydrogens (tertiary/aromatic N) is 2. The van der Waals surface area contributed by atoms with Crippen LogP contribution in [0.1, 0.15) is 27.7 Å². The first-order chi connectivity index (χ1) is 5.85. The highest BCUT2D eigenvalue weighted by molar-refractivity contribution is 5.66. The van der Waals surface area contributed by atoms with Gasteiger partial charge in [-0.25, -0.2) is 0 Å². The second-order valence-corrected chi connectivity index (χ2v) is 5.38. The zero-order valence-corrected chi connectivity index (χ0v) is 9.04. The summed E-state index contributed by atoms with van der Waals surface area (Å²) < 4.78 is 0. The van der Waals surface area contributed by atoms with Crippen LogP contribution in [0.3, 0.4) is 0 Å². The molecule has 0 bridgehead atoms. The molecule has 3 nitrogen and oxygen atoms in total. The second-order valence-electron chi connectivity index (χ2n) is 5.38. The van der Waals surface area contributed by atoms with Gasteiger partial charge < -0.3 is 5.11 Å². The van der Waals surface area contributed by atoms with E-state index in [9.17, 15) is 0 Å². The van der Waals surface area contributed by atoms with Gasteiger partial charge in [-0.3, -0.25) is 5.01 Å². The molecule has 1 aliphatic heterocycles. The van der Waals surface area contributed by atoms with E-state index >= 15 is 0 Å². The third kappa shape index (κ3) is 2.99. The van der Waals surface area contributed by atoms with Gasteiger partial charge in [-0.15, -0.1) is 0 Å². The smallest absolute Gasteiger partial charge is 0.0499 e. The van der Waals surface area contributed by atoms with Crippen molar-refractivity contribution < 1.29 is 5.11 Å². The molecule has 1 N–H and O–H groups in total. The van der Waals surface area contributed by atoms with E-state index in [-0.39, 0.29) is 17.4 Å². The molecule has 1 aliphatic rings. The Labute approximate surface area is 80.4 Å². The first-order valence-electron chi connectivity index (χ1n) is 4.76. The molecule has 76 valence electrons. The molecule has 1 heterocycles. The van der Waals surface area contributed by atoms with Gasteiger partial charge in [-0.2, -0.15) is 5.10 Å². The van der Waals surface area contributed by atoms with E-state index in [2.05, 4.69) is 18.9 Å². The van der Waals surface area contributed by atoms with Crippen molar-refractivity contribution in [1.29, 1.82) is 0 Å². The lowest BCUT2D eigenvalue weighted by atomic mass is 9.93. The van der Waals surface area contributed by atoms with Crippen molar-refractivity contribution in [2.24, 2.45) is 15.9 Å². The van der Waals surface area contributed by atoms with Crippen LogP contribution in [0.25, 0.3) is 0 Å². The van der Waals surface area contributed by atoms with Gasteiger partial charge in [-0.05, 0) is 0 Å². The third-order valence-electron chi connectivity index (χ3n) is 2.20. The lowest BCUT2D eigenvalue weighted by molar-refractivity contribution is 0.102.